The molecule has 18 heavy (non-hydrogen) atoms. The van der Waals surface area contributed by atoms with E-state index >= 15 is 0 Å². The molecule has 0 bridgehead atoms. The minimum Gasteiger partial charge on any atom is -0.394 e. The van der Waals surface area contributed by atoms with Gasteiger partial charge in [-0.3, -0.25) is 4.79 Å². The Kier molecular flexibility index (Phi) is 5.34. The highest BCUT2D eigenvalue weighted by molar-refractivity contribution is 5.76. The number of amides is 1. The summed E-state index contributed by atoms with van der Waals surface area (Å²) in [6.45, 7) is 1.78. The standard InChI is InChI=1S/C14H18N2O2/c1-11(10-17)16(2)14(18)8-7-12-3-5-13(9-15)6-4-12/h3-6,11,17H,7-8,10H2,1-2H3. The van der Waals surface area contributed by atoms with Crippen molar-refractivity contribution in [2.45, 2.75) is 25.8 Å². The van der Waals surface area contributed by atoms with Gasteiger partial charge in [0, 0.05) is 13.5 Å². The van der Waals surface area contributed by atoms with Gasteiger partial charge in [-0.15, -0.1) is 0 Å². The summed E-state index contributed by atoms with van der Waals surface area (Å²) >= 11 is 0. The predicted molar refractivity (Wildman–Crippen MR) is 68.8 cm³/mol. The first-order valence-corrected chi connectivity index (χ1v) is 5.94. The van der Waals surface area contributed by atoms with Crippen LogP contribution in [0.2, 0.25) is 0 Å². The highest BCUT2D eigenvalue weighted by Gasteiger charge is 2.14. The third-order valence-electron chi connectivity index (χ3n) is 3.03. The van der Waals surface area contributed by atoms with E-state index in [1.165, 1.54) is 0 Å². The first-order valence-electron chi connectivity index (χ1n) is 5.94. The van der Waals surface area contributed by atoms with Gasteiger partial charge in [-0.1, -0.05) is 12.1 Å². The van der Waals surface area contributed by atoms with Crippen LogP contribution in [0.15, 0.2) is 24.3 Å². The lowest BCUT2D eigenvalue weighted by atomic mass is 10.1. The molecule has 0 saturated carbocycles. The van der Waals surface area contributed by atoms with Crippen LogP contribution in [0.4, 0.5) is 0 Å². The zero-order valence-corrected chi connectivity index (χ0v) is 10.8. The van der Waals surface area contributed by atoms with E-state index in [1.807, 2.05) is 12.1 Å². The summed E-state index contributed by atoms with van der Waals surface area (Å²) in [4.78, 5) is 13.4. The van der Waals surface area contributed by atoms with E-state index in [4.69, 9.17) is 10.4 Å². The van der Waals surface area contributed by atoms with Crippen LogP contribution in [0.3, 0.4) is 0 Å². The van der Waals surface area contributed by atoms with Crippen molar-refractivity contribution in [2.24, 2.45) is 0 Å². The molecule has 0 aliphatic rings. The number of benzene rings is 1. The van der Waals surface area contributed by atoms with Gasteiger partial charge in [0.2, 0.25) is 5.91 Å². The van der Waals surface area contributed by atoms with Gasteiger partial charge >= 0.3 is 0 Å². The number of aliphatic hydroxyl groups is 1. The molecule has 0 aromatic heterocycles. The Balaban J connectivity index is 2.49. The Morgan fingerprint density at radius 2 is 2.06 bits per heavy atom. The largest absolute Gasteiger partial charge is 0.394 e. The quantitative estimate of drug-likeness (QED) is 0.852. The van der Waals surface area contributed by atoms with Gasteiger partial charge in [0.1, 0.15) is 0 Å². The lowest BCUT2D eigenvalue weighted by Crippen LogP contribution is -2.37. The van der Waals surface area contributed by atoms with Gasteiger partial charge in [0.05, 0.1) is 24.3 Å². The number of hydrogen-bond donors (Lipinski definition) is 1. The fourth-order valence-electron chi connectivity index (χ4n) is 1.54. The smallest absolute Gasteiger partial charge is 0.222 e. The van der Waals surface area contributed by atoms with Gasteiger partial charge < -0.3 is 10.0 Å². The van der Waals surface area contributed by atoms with Crippen LogP contribution in [0.1, 0.15) is 24.5 Å². The molecule has 0 heterocycles. The highest BCUT2D eigenvalue weighted by atomic mass is 16.3. The highest BCUT2D eigenvalue weighted by Crippen LogP contribution is 2.08. The van der Waals surface area contributed by atoms with E-state index in [9.17, 15) is 4.79 Å². The van der Waals surface area contributed by atoms with Crippen molar-refractivity contribution in [3.05, 3.63) is 35.4 Å². The molecule has 1 amide bonds. The van der Waals surface area contributed by atoms with Gasteiger partial charge in [0.25, 0.3) is 0 Å². The Hall–Kier alpha value is -1.86. The lowest BCUT2D eigenvalue weighted by molar-refractivity contribution is -0.132. The van der Waals surface area contributed by atoms with Gasteiger partial charge in [-0.05, 0) is 31.0 Å². The molecule has 1 atom stereocenters. The van der Waals surface area contributed by atoms with Crippen LogP contribution >= 0.6 is 0 Å². The van der Waals surface area contributed by atoms with Gasteiger partial charge in [0.15, 0.2) is 0 Å². The Morgan fingerprint density at radius 3 is 2.56 bits per heavy atom. The maximum absolute atomic E-state index is 11.8. The van der Waals surface area contributed by atoms with E-state index in [-0.39, 0.29) is 18.6 Å². The fourth-order valence-corrected chi connectivity index (χ4v) is 1.54. The van der Waals surface area contributed by atoms with E-state index in [0.29, 0.717) is 18.4 Å². The summed E-state index contributed by atoms with van der Waals surface area (Å²) in [5, 5.41) is 17.6. The number of carbonyl (C=O) groups excluding carboxylic acids is 1. The number of rotatable bonds is 5. The summed E-state index contributed by atoms with van der Waals surface area (Å²) in [5.41, 5.74) is 1.66. The average Bonchev–Trinajstić information content (AvgIpc) is 2.43. The van der Waals surface area contributed by atoms with Crippen molar-refractivity contribution in [2.75, 3.05) is 13.7 Å². The molecule has 0 saturated heterocycles. The summed E-state index contributed by atoms with van der Waals surface area (Å²) < 4.78 is 0. The number of hydrogen-bond acceptors (Lipinski definition) is 3. The second-order valence-electron chi connectivity index (χ2n) is 4.34. The molecule has 1 rings (SSSR count). The molecular weight excluding hydrogens is 228 g/mol. The number of aryl methyl sites for hydroxylation is 1. The summed E-state index contributed by atoms with van der Waals surface area (Å²) in [6, 6.07) is 9.13. The molecule has 96 valence electrons. The van der Waals surface area contributed by atoms with Crippen molar-refractivity contribution >= 4 is 5.91 Å². The zero-order valence-electron chi connectivity index (χ0n) is 10.8. The van der Waals surface area contributed by atoms with Crippen molar-refractivity contribution in [3.63, 3.8) is 0 Å². The lowest BCUT2D eigenvalue weighted by Gasteiger charge is -2.23. The molecule has 0 spiro atoms. The van der Waals surface area contributed by atoms with Gasteiger partial charge in [-0.2, -0.15) is 5.26 Å². The van der Waals surface area contributed by atoms with Crippen molar-refractivity contribution in [1.29, 1.82) is 5.26 Å². The molecule has 1 aromatic carbocycles. The van der Waals surface area contributed by atoms with E-state index in [1.54, 1.807) is 31.0 Å². The number of nitriles is 1. The molecule has 4 nitrogen and oxygen atoms in total. The minimum absolute atomic E-state index is 0.0147. The molecule has 4 heteroatoms. The van der Waals surface area contributed by atoms with Crippen molar-refractivity contribution in [3.8, 4) is 6.07 Å². The topological polar surface area (TPSA) is 64.3 Å². The maximum Gasteiger partial charge on any atom is 0.222 e. The minimum atomic E-state index is -0.154. The first-order chi connectivity index (χ1) is 8.58. The number of carbonyl (C=O) groups is 1. The van der Waals surface area contributed by atoms with E-state index in [2.05, 4.69) is 6.07 Å². The van der Waals surface area contributed by atoms with E-state index in [0.717, 1.165) is 5.56 Å². The Morgan fingerprint density at radius 1 is 1.44 bits per heavy atom. The third kappa shape index (κ3) is 3.86. The van der Waals surface area contributed by atoms with E-state index < -0.39 is 0 Å². The molecule has 0 aliphatic carbocycles. The first kappa shape index (κ1) is 14.2. The van der Waals surface area contributed by atoms with Crippen molar-refractivity contribution < 1.29 is 9.90 Å². The van der Waals surface area contributed by atoms with Crippen LogP contribution in [0.25, 0.3) is 0 Å². The van der Waals surface area contributed by atoms with Crippen LogP contribution in [-0.2, 0) is 11.2 Å². The molecule has 1 unspecified atom stereocenters. The van der Waals surface area contributed by atoms with Gasteiger partial charge in [-0.25, -0.2) is 0 Å². The fraction of sp³-hybridized carbons (Fsp3) is 0.429. The van der Waals surface area contributed by atoms with Crippen LogP contribution in [-0.4, -0.2) is 35.6 Å². The SMILES string of the molecule is CC(CO)N(C)C(=O)CCc1ccc(C#N)cc1. The maximum atomic E-state index is 11.8. The summed E-state index contributed by atoms with van der Waals surface area (Å²) in [7, 11) is 1.70. The number of likely N-dealkylation sites (N-methyl/N-ethyl adjacent to an activating group) is 1. The average molecular weight is 246 g/mol. The monoisotopic (exact) mass is 246 g/mol. The summed E-state index contributed by atoms with van der Waals surface area (Å²) in [5.74, 6) is 0.0147. The molecule has 0 radical (unpaired) electrons. The Labute approximate surface area is 107 Å². The summed E-state index contributed by atoms with van der Waals surface area (Å²) in [6.07, 6.45) is 1.06. The normalized spacial score (nSPS) is 11.7. The predicted octanol–water partition coefficient (Wildman–Crippen LogP) is 1.33. The molecule has 0 fully saturated rings. The molecular formula is C14H18N2O2. The van der Waals surface area contributed by atoms with Crippen LogP contribution < -0.4 is 0 Å². The van der Waals surface area contributed by atoms with Crippen LogP contribution in [0.5, 0.6) is 0 Å². The second-order valence-corrected chi connectivity index (χ2v) is 4.34. The molecule has 0 aliphatic heterocycles. The second kappa shape index (κ2) is 6.77. The van der Waals surface area contributed by atoms with Crippen LogP contribution in [0, 0.1) is 11.3 Å². The molecule has 1 aromatic rings. The third-order valence-corrected chi connectivity index (χ3v) is 3.03. The molecule has 1 N–H and O–H groups in total. The number of aliphatic hydroxyl groups excluding tert-OH is 1. The zero-order chi connectivity index (χ0) is 13.5. The van der Waals surface area contributed by atoms with Crippen molar-refractivity contribution in [1.82, 2.24) is 4.90 Å². The Bertz CT molecular complexity index is 434. The number of nitrogens with zero attached hydrogens (tertiary/aromatic N) is 2.